The van der Waals surface area contributed by atoms with Crippen molar-refractivity contribution in [1.82, 2.24) is 5.32 Å². The number of methoxy groups -OCH3 is 1. The van der Waals surface area contributed by atoms with Crippen LogP contribution in [0.5, 0.6) is 5.75 Å². The Balaban J connectivity index is 2.21. The molecule has 0 bridgehead atoms. The zero-order valence-corrected chi connectivity index (χ0v) is 9.84. The highest BCUT2D eigenvalue weighted by Crippen LogP contribution is 2.33. The summed E-state index contributed by atoms with van der Waals surface area (Å²) >= 11 is 6.22. The van der Waals surface area contributed by atoms with Crippen LogP contribution in [0.25, 0.3) is 0 Å². The van der Waals surface area contributed by atoms with Crippen LogP contribution in [-0.4, -0.2) is 13.7 Å². The van der Waals surface area contributed by atoms with Crippen LogP contribution in [0.15, 0.2) is 18.2 Å². The first-order valence-corrected chi connectivity index (χ1v) is 5.65. The Kier molecular flexibility index (Phi) is 3.17. The molecule has 0 spiro atoms. The van der Waals surface area contributed by atoms with Gasteiger partial charge in [0.05, 0.1) is 7.11 Å². The Hall–Kier alpha value is -0.730. The molecule has 1 heterocycles. The van der Waals surface area contributed by atoms with Crippen LogP contribution in [0.4, 0.5) is 0 Å². The van der Waals surface area contributed by atoms with Crippen LogP contribution in [0, 0.1) is 5.92 Å². The molecule has 1 saturated heterocycles. The second kappa shape index (κ2) is 4.42. The number of nitrogens with one attached hydrogen (secondary N) is 1. The van der Waals surface area contributed by atoms with Gasteiger partial charge in [-0.15, -0.1) is 0 Å². The topological polar surface area (TPSA) is 21.3 Å². The lowest BCUT2D eigenvalue weighted by molar-refractivity contribution is 0.414. The van der Waals surface area contributed by atoms with Crippen LogP contribution in [0.2, 0.25) is 5.02 Å². The Bertz CT molecular complexity index is 353. The second-order valence-corrected chi connectivity index (χ2v) is 4.60. The summed E-state index contributed by atoms with van der Waals surface area (Å²) < 4.78 is 5.13. The van der Waals surface area contributed by atoms with Gasteiger partial charge >= 0.3 is 0 Å². The van der Waals surface area contributed by atoms with Crippen molar-refractivity contribution in [2.45, 2.75) is 19.4 Å². The summed E-state index contributed by atoms with van der Waals surface area (Å²) in [6, 6.07) is 6.29. The predicted octanol–water partition coefficient (Wildman–Crippen LogP) is 3.02. The van der Waals surface area contributed by atoms with Gasteiger partial charge in [0.2, 0.25) is 0 Å². The summed E-state index contributed by atoms with van der Waals surface area (Å²) in [5.74, 6) is 1.54. The lowest BCUT2D eigenvalue weighted by Crippen LogP contribution is -2.13. The minimum absolute atomic E-state index is 0.401. The maximum absolute atomic E-state index is 6.22. The summed E-state index contributed by atoms with van der Waals surface area (Å²) in [5.41, 5.74) is 1.18. The SMILES string of the molecule is COc1ccc([C@@H]2C[C@@H](C)CN2)c(Cl)c1. The van der Waals surface area contributed by atoms with Gasteiger partial charge in [0.15, 0.2) is 0 Å². The van der Waals surface area contributed by atoms with Gasteiger partial charge in [0.25, 0.3) is 0 Å². The van der Waals surface area contributed by atoms with Crippen molar-refractivity contribution < 1.29 is 4.74 Å². The van der Waals surface area contributed by atoms with E-state index < -0.39 is 0 Å². The first-order valence-electron chi connectivity index (χ1n) is 5.27. The average molecular weight is 226 g/mol. The molecule has 2 rings (SSSR count). The molecule has 15 heavy (non-hydrogen) atoms. The molecule has 1 aliphatic heterocycles. The minimum Gasteiger partial charge on any atom is -0.497 e. The lowest BCUT2D eigenvalue weighted by atomic mass is 10.0. The van der Waals surface area contributed by atoms with Crippen molar-refractivity contribution in [3.05, 3.63) is 28.8 Å². The Labute approximate surface area is 95.6 Å². The highest BCUT2D eigenvalue weighted by atomic mass is 35.5. The van der Waals surface area contributed by atoms with E-state index in [9.17, 15) is 0 Å². The fourth-order valence-corrected chi connectivity index (χ4v) is 2.37. The monoisotopic (exact) mass is 225 g/mol. The third-order valence-electron chi connectivity index (χ3n) is 2.93. The molecule has 2 nitrogen and oxygen atoms in total. The van der Waals surface area contributed by atoms with E-state index in [2.05, 4.69) is 18.3 Å². The molecule has 1 aromatic rings. The molecule has 0 radical (unpaired) electrons. The van der Waals surface area contributed by atoms with Gasteiger partial charge in [0, 0.05) is 11.1 Å². The highest BCUT2D eigenvalue weighted by molar-refractivity contribution is 6.31. The number of hydrogen-bond donors (Lipinski definition) is 1. The fraction of sp³-hybridized carbons (Fsp3) is 0.500. The summed E-state index contributed by atoms with van der Waals surface area (Å²) in [5, 5.41) is 4.27. The van der Waals surface area contributed by atoms with Crippen molar-refractivity contribution in [1.29, 1.82) is 0 Å². The summed E-state index contributed by atoms with van der Waals surface area (Å²) in [6.07, 6.45) is 1.16. The molecule has 1 N–H and O–H groups in total. The van der Waals surface area contributed by atoms with Crippen LogP contribution in [0.3, 0.4) is 0 Å². The number of rotatable bonds is 2. The van der Waals surface area contributed by atoms with E-state index in [4.69, 9.17) is 16.3 Å². The molecular weight excluding hydrogens is 210 g/mol. The third-order valence-corrected chi connectivity index (χ3v) is 3.26. The summed E-state index contributed by atoms with van der Waals surface area (Å²) in [4.78, 5) is 0. The van der Waals surface area contributed by atoms with E-state index in [0.717, 1.165) is 29.7 Å². The number of hydrogen-bond acceptors (Lipinski definition) is 2. The van der Waals surface area contributed by atoms with Gasteiger partial charge in [-0.3, -0.25) is 0 Å². The van der Waals surface area contributed by atoms with E-state index >= 15 is 0 Å². The van der Waals surface area contributed by atoms with E-state index in [0.29, 0.717) is 6.04 Å². The molecule has 1 aromatic carbocycles. The van der Waals surface area contributed by atoms with Crippen LogP contribution < -0.4 is 10.1 Å². The molecule has 0 saturated carbocycles. The molecule has 3 heteroatoms. The van der Waals surface area contributed by atoms with E-state index in [1.165, 1.54) is 5.56 Å². The lowest BCUT2D eigenvalue weighted by Gasteiger charge is -2.13. The highest BCUT2D eigenvalue weighted by Gasteiger charge is 2.23. The number of ether oxygens (including phenoxy) is 1. The fourth-order valence-electron chi connectivity index (χ4n) is 2.07. The van der Waals surface area contributed by atoms with Crippen molar-refractivity contribution in [3.8, 4) is 5.75 Å². The minimum atomic E-state index is 0.401. The van der Waals surface area contributed by atoms with E-state index in [1.54, 1.807) is 7.11 Å². The Morgan fingerprint density at radius 3 is 2.80 bits per heavy atom. The molecule has 0 amide bonds. The summed E-state index contributed by atoms with van der Waals surface area (Å²) in [7, 11) is 1.65. The maximum atomic E-state index is 6.22. The Morgan fingerprint density at radius 2 is 2.27 bits per heavy atom. The van der Waals surface area contributed by atoms with Gasteiger partial charge in [-0.2, -0.15) is 0 Å². The smallest absolute Gasteiger partial charge is 0.120 e. The molecule has 82 valence electrons. The zero-order chi connectivity index (χ0) is 10.8. The first kappa shape index (κ1) is 10.8. The van der Waals surface area contributed by atoms with Crippen LogP contribution >= 0.6 is 11.6 Å². The van der Waals surface area contributed by atoms with Crippen LogP contribution in [-0.2, 0) is 0 Å². The predicted molar refractivity (Wildman–Crippen MR) is 62.5 cm³/mol. The molecule has 1 fully saturated rings. The molecule has 2 atom stereocenters. The van der Waals surface area contributed by atoms with E-state index in [-0.39, 0.29) is 0 Å². The van der Waals surface area contributed by atoms with Crippen LogP contribution in [0.1, 0.15) is 24.9 Å². The first-order chi connectivity index (χ1) is 7.20. The summed E-state index contributed by atoms with van der Waals surface area (Å²) in [6.45, 7) is 3.33. The van der Waals surface area contributed by atoms with Gasteiger partial charge in [-0.05, 0) is 36.6 Å². The standard InChI is InChI=1S/C12H16ClNO/c1-8-5-12(14-7-8)10-4-3-9(15-2)6-11(10)13/h3-4,6,8,12,14H,5,7H2,1-2H3/t8-,12+/m1/s1. The van der Waals surface area contributed by atoms with Crippen molar-refractivity contribution in [2.24, 2.45) is 5.92 Å². The van der Waals surface area contributed by atoms with E-state index in [1.807, 2.05) is 12.1 Å². The Morgan fingerprint density at radius 1 is 1.47 bits per heavy atom. The number of halogens is 1. The van der Waals surface area contributed by atoms with Crippen molar-refractivity contribution in [3.63, 3.8) is 0 Å². The molecule has 0 aromatic heterocycles. The zero-order valence-electron chi connectivity index (χ0n) is 9.09. The molecular formula is C12H16ClNO. The quantitative estimate of drug-likeness (QED) is 0.836. The van der Waals surface area contributed by atoms with Gasteiger partial charge in [-0.1, -0.05) is 24.6 Å². The largest absolute Gasteiger partial charge is 0.497 e. The van der Waals surface area contributed by atoms with Gasteiger partial charge in [-0.25, -0.2) is 0 Å². The molecule has 1 aliphatic rings. The average Bonchev–Trinajstić information content (AvgIpc) is 2.64. The number of benzene rings is 1. The maximum Gasteiger partial charge on any atom is 0.120 e. The van der Waals surface area contributed by atoms with Gasteiger partial charge in [0.1, 0.15) is 5.75 Å². The second-order valence-electron chi connectivity index (χ2n) is 4.19. The molecule has 0 unspecified atom stereocenters. The van der Waals surface area contributed by atoms with Crippen molar-refractivity contribution in [2.75, 3.05) is 13.7 Å². The molecule has 0 aliphatic carbocycles. The normalized spacial score (nSPS) is 25.5. The van der Waals surface area contributed by atoms with Crippen molar-refractivity contribution >= 4 is 11.6 Å². The third kappa shape index (κ3) is 2.27. The van der Waals surface area contributed by atoms with Gasteiger partial charge < -0.3 is 10.1 Å².